The molecule has 0 aliphatic rings. The molecule has 96 valence electrons. The molecule has 9 heteroatoms. The van der Waals surface area contributed by atoms with Gasteiger partial charge in [0.1, 0.15) is 3.70 Å². The molecule has 1 aromatic heterocycles. The second-order valence-electron chi connectivity index (χ2n) is 2.83. The van der Waals surface area contributed by atoms with E-state index in [9.17, 15) is 22.0 Å². The number of hydrogen-bond donors (Lipinski definition) is 1. The molecule has 0 saturated heterocycles. The number of hydrogen-bond acceptors (Lipinski definition) is 3. The minimum absolute atomic E-state index is 0.165. The van der Waals surface area contributed by atoms with E-state index in [2.05, 4.69) is 9.72 Å². The maximum atomic E-state index is 12.5. The molecule has 1 rings (SSSR count). The SMILES string of the molecule is OCc1c(C(F)F)cc(OC(F)(F)F)nc1I. The molecule has 3 nitrogen and oxygen atoms in total. The average molecular weight is 369 g/mol. The summed E-state index contributed by atoms with van der Waals surface area (Å²) in [6, 6.07) is 0.464. The number of halogens is 6. The summed E-state index contributed by atoms with van der Waals surface area (Å²) in [4.78, 5) is 3.32. The summed E-state index contributed by atoms with van der Waals surface area (Å²) < 4.78 is 64.0. The predicted octanol–water partition coefficient (Wildman–Crippen LogP) is 3.01. The molecule has 1 N–H and O–H groups in total. The van der Waals surface area contributed by atoms with Gasteiger partial charge in [-0.1, -0.05) is 0 Å². The molecule has 0 amide bonds. The van der Waals surface area contributed by atoms with E-state index in [0.29, 0.717) is 6.07 Å². The van der Waals surface area contributed by atoms with E-state index in [4.69, 9.17) is 5.11 Å². The molecular formula is C8H5F5INO2. The van der Waals surface area contributed by atoms with Crippen LogP contribution in [0.5, 0.6) is 5.88 Å². The second-order valence-corrected chi connectivity index (χ2v) is 3.85. The van der Waals surface area contributed by atoms with Crippen molar-refractivity contribution in [3.63, 3.8) is 0 Å². The van der Waals surface area contributed by atoms with Gasteiger partial charge in [0.25, 0.3) is 6.43 Å². The van der Waals surface area contributed by atoms with Crippen LogP contribution >= 0.6 is 22.6 Å². The van der Waals surface area contributed by atoms with Crippen molar-refractivity contribution in [2.45, 2.75) is 19.4 Å². The number of aromatic nitrogens is 1. The third-order valence-corrected chi connectivity index (χ3v) is 2.59. The highest BCUT2D eigenvalue weighted by Gasteiger charge is 2.32. The Morgan fingerprint density at radius 2 is 2.00 bits per heavy atom. The summed E-state index contributed by atoms with van der Waals surface area (Å²) in [7, 11) is 0. The van der Waals surface area contributed by atoms with Crippen molar-refractivity contribution in [1.29, 1.82) is 0 Å². The summed E-state index contributed by atoms with van der Waals surface area (Å²) >= 11 is 1.44. The zero-order valence-corrected chi connectivity index (χ0v) is 10.1. The molecule has 0 saturated carbocycles. The zero-order valence-electron chi connectivity index (χ0n) is 7.93. The Bertz CT molecular complexity index is 410. The first kappa shape index (κ1) is 14.4. The molecule has 1 aromatic rings. The van der Waals surface area contributed by atoms with Crippen molar-refractivity contribution in [1.82, 2.24) is 4.98 Å². The highest BCUT2D eigenvalue weighted by Crippen LogP contribution is 2.31. The van der Waals surface area contributed by atoms with Gasteiger partial charge in [-0.05, 0) is 22.6 Å². The van der Waals surface area contributed by atoms with Gasteiger partial charge >= 0.3 is 6.36 Å². The van der Waals surface area contributed by atoms with E-state index in [-0.39, 0.29) is 9.26 Å². The number of nitrogens with zero attached hydrogens (tertiary/aromatic N) is 1. The minimum atomic E-state index is -5.00. The van der Waals surface area contributed by atoms with Crippen LogP contribution in [0.25, 0.3) is 0 Å². The Morgan fingerprint density at radius 1 is 1.41 bits per heavy atom. The van der Waals surface area contributed by atoms with Gasteiger partial charge in [0.2, 0.25) is 5.88 Å². The maximum Gasteiger partial charge on any atom is 0.574 e. The summed E-state index contributed by atoms with van der Waals surface area (Å²) in [6.07, 6.45) is -8.03. The van der Waals surface area contributed by atoms with E-state index in [1.165, 1.54) is 22.6 Å². The fraction of sp³-hybridized carbons (Fsp3) is 0.375. The van der Waals surface area contributed by atoms with Crippen molar-refractivity contribution in [2.24, 2.45) is 0 Å². The molecule has 0 atom stereocenters. The fourth-order valence-electron chi connectivity index (χ4n) is 1.06. The monoisotopic (exact) mass is 369 g/mol. The van der Waals surface area contributed by atoms with E-state index in [1.807, 2.05) is 0 Å². The Kier molecular flexibility index (Phi) is 4.47. The van der Waals surface area contributed by atoms with Crippen LogP contribution in [-0.2, 0) is 6.61 Å². The number of aliphatic hydroxyl groups is 1. The molecule has 0 aromatic carbocycles. The number of alkyl halides is 5. The summed E-state index contributed by atoms with van der Waals surface area (Å²) in [5.74, 6) is -0.977. The lowest BCUT2D eigenvalue weighted by atomic mass is 10.1. The van der Waals surface area contributed by atoms with Gasteiger partial charge in [0.05, 0.1) is 6.61 Å². The second kappa shape index (κ2) is 5.29. The maximum absolute atomic E-state index is 12.5. The fourth-order valence-corrected chi connectivity index (χ4v) is 1.78. The number of rotatable bonds is 3. The quantitative estimate of drug-likeness (QED) is 0.506. The Balaban J connectivity index is 3.20. The van der Waals surface area contributed by atoms with Gasteiger partial charge in [-0.2, -0.15) is 0 Å². The van der Waals surface area contributed by atoms with Crippen LogP contribution in [0.3, 0.4) is 0 Å². The normalized spacial score (nSPS) is 12.0. The Labute approximate surface area is 106 Å². The summed E-state index contributed by atoms with van der Waals surface area (Å²) in [5, 5.41) is 8.83. The van der Waals surface area contributed by atoms with Crippen molar-refractivity contribution >= 4 is 22.6 Å². The number of ether oxygens (including phenoxy) is 1. The van der Waals surface area contributed by atoms with Crippen LogP contribution in [-0.4, -0.2) is 16.5 Å². The van der Waals surface area contributed by atoms with Crippen molar-refractivity contribution in [3.8, 4) is 5.88 Å². The third-order valence-electron chi connectivity index (χ3n) is 1.70. The molecule has 1 heterocycles. The molecule has 0 aliphatic carbocycles. The van der Waals surface area contributed by atoms with E-state index < -0.39 is 30.8 Å². The van der Waals surface area contributed by atoms with Gasteiger partial charge in [0, 0.05) is 17.2 Å². The Morgan fingerprint density at radius 3 is 2.41 bits per heavy atom. The number of pyridine rings is 1. The van der Waals surface area contributed by atoms with Crippen LogP contribution in [0.2, 0.25) is 0 Å². The Hall–Kier alpha value is -0.710. The van der Waals surface area contributed by atoms with Crippen molar-refractivity contribution < 1.29 is 31.8 Å². The predicted molar refractivity (Wildman–Crippen MR) is 54.5 cm³/mol. The lowest BCUT2D eigenvalue weighted by Gasteiger charge is -2.13. The molecule has 17 heavy (non-hydrogen) atoms. The van der Waals surface area contributed by atoms with Crippen LogP contribution in [0.1, 0.15) is 17.6 Å². The highest BCUT2D eigenvalue weighted by molar-refractivity contribution is 14.1. The van der Waals surface area contributed by atoms with E-state index in [0.717, 1.165) is 0 Å². The first-order valence-electron chi connectivity index (χ1n) is 4.08. The molecule has 0 spiro atoms. The molecular weight excluding hydrogens is 364 g/mol. The van der Waals surface area contributed by atoms with E-state index >= 15 is 0 Å². The third kappa shape index (κ3) is 3.91. The minimum Gasteiger partial charge on any atom is -0.392 e. The zero-order chi connectivity index (χ0) is 13.2. The largest absolute Gasteiger partial charge is 0.574 e. The first-order chi connectivity index (χ1) is 7.74. The molecule has 0 fully saturated rings. The lowest BCUT2D eigenvalue weighted by molar-refractivity contribution is -0.276. The smallest absolute Gasteiger partial charge is 0.392 e. The average Bonchev–Trinajstić information content (AvgIpc) is 2.13. The summed E-state index contributed by atoms with van der Waals surface area (Å²) in [6.45, 7) is -0.739. The van der Waals surface area contributed by atoms with Gasteiger partial charge in [-0.25, -0.2) is 13.8 Å². The number of aliphatic hydroxyl groups excluding tert-OH is 1. The van der Waals surface area contributed by atoms with Crippen molar-refractivity contribution in [2.75, 3.05) is 0 Å². The highest BCUT2D eigenvalue weighted by atomic mass is 127. The van der Waals surface area contributed by atoms with Gasteiger partial charge in [0.15, 0.2) is 0 Å². The first-order valence-corrected chi connectivity index (χ1v) is 5.16. The molecule has 0 bridgehead atoms. The topological polar surface area (TPSA) is 42.4 Å². The van der Waals surface area contributed by atoms with Crippen molar-refractivity contribution in [3.05, 3.63) is 20.9 Å². The summed E-state index contributed by atoms with van der Waals surface area (Å²) in [5.41, 5.74) is -0.943. The lowest BCUT2D eigenvalue weighted by Crippen LogP contribution is -2.19. The molecule has 0 radical (unpaired) electrons. The van der Waals surface area contributed by atoms with Gasteiger partial charge < -0.3 is 9.84 Å². The van der Waals surface area contributed by atoms with Crippen LogP contribution in [0.4, 0.5) is 22.0 Å². The standard InChI is InChI=1S/C8H5F5INO2/c9-6(10)3-1-5(17-8(11,12)13)15-7(14)4(3)2-16/h1,6,16H,2H2. The molecule has 0 unspecified atom stereocenters. The van der Waals surface area contributed by atoms with Crippen LogP contribution < -0.4 is 4.74 Å². The molecule has 0 aliphatic heterocycles. The van der Waals surface area contributed by atoms with Gasteiger partial charge in [-0.3, -0.25) is 0 Å². The van der Waals surface area contributed by atoms with Crippen LogP contribution in [0.15, 0.2) is 6.07 Å². The van der Waals surface area contributed by atoms with Gasteiger partial charge in [-0.15, -0.1) is 13.2 Å². The van der Waals surface area contributed by atoms with E-state index in [1.54, 1.807) is 0 Å². The van der Waals surface area contributed by atoms with Crippen LogP contribution in [0, 0.1) is 3.70 Å².